The van der Waals surface area contributed by atoms with E-state index in [1.54, 1.807) is 6.92 Å². The number of carbonyl (C=O) groups excluding carboxylic acids is 1. The number of hydrogen-bond donors (Lipinski definition) is 3. The number of nitrogens with one attached hydrogen (secondary N) is 2. The van der Waals surface area contributed by atoms with Gasteiger partial charge in [0.2, 0.25) is 0 Å². The Kier molecular flexibility index (Phi) is 4.36. The lowest BCUT2D eigenvalue weighted by atomic mass is 10.1. The number of nitrogens with zero attached hydrogens (tertiary/aromatic N) is 1. The van der Waals surface area contributed by atoms with Crippen molar-refractivity contribution in [1.29, 1.82) is 0 Å². The van der Waals surface area contributed by atoms with E-state index < -0.39 is 17.9 Å². The number of aromatic nitrogens is 1. The number of urea groups is 1. The summed E-state index contributed by atoms with van der Waals surface area (Å²) >= 11 is 1.39. The molecule has 0 aromatic carbocycles. The molecule has 0 spiro atoms. The van der Waals surface area contributed by atoms with E-state index in [-0.39, 0.29) is 6.54 Å². The van der Waals surface area contributed by atoms with Crippen molar-refractivity contribution in [1.82, 2.24) is 10.3 Å². The summed E-state index contributed by atoms with van der Waals surface area (Å²) in [6.07, 6.45) is 2.83. The Morgan fingerprint density at radius 1 is 1.58 bits per heavy atom. The zero-order valence-corrected chi connectivity index (χ0v) is 11.5. The molecule has 7 heteroatoms. The fourth-order valence-corrected chi connectivity index (χ4v) is 2.46. The summed E-state index contributed by atoms with van der Waals surface area (Å²) in [5.41, 5.74) is 1.04. The van der Waals surface area contributed by atoms with Crippen LogP contribution >= 0.6 is 11.3 Å². The molecule has 1 aromatic heterocycles. The van der Waals surface area contributed by atoms with Gasteiger partial charge in [-0.05, 0) is 19.3 Å². The van der Waals surface area contributed by atoms with E-state index in [9.17, 15) is 9.59 Å². The Bertz CT molecular complexity index is 471. The van der Waals surface area contributed by atoms with Gasteiger partial charge in [0.25, 0.3) is 0 Å². The molecule has 1 fully saturated rings. The predicted molar refractivity (Wildman–Crippen MR) is 72.5 cm³/mol. The Balaban J connectivity index is 1.78. The van der Waals surface area contributed by atoms with Crippen molar-refractivity contribution in [3.63, 3.8) is 0 Å². The zero-order valence-electron chi connectivity index (χ0n) is 10.7. The molecule has 1 saturated carbocycles. The molecule has 1 aliphatic rings. The minimum absolute atomic E-state index is 0.124. The lowest BCUT2D eigenvalue weighted by Crippen LogP contribution is -2.35. The van der Waals surface area contributed by atoms with Gasteiger partial charge in [-0.3, -0.25) is 10.1 Å². The van der Waals surface area contributed by atoms with Crippen molar-refractivity contribution in [2.45, 2.75) is 32.1 Å². The Morgan fingerprint density at radius 3 is 2.89 bits per heavy atom. The molecule has 19 heavy (non-hydrogen) atoms. The topological polar surface area (TPSA) is 91.3 Å². The third kappa shape index (κ3) is 3.92. The number of anilines is 1. The van der Waals surface area contributed by atoms with Gasteiger partial charge in [0.15, 0.2) is 5.13 Å². The molecular weight excluding hydrogens is 266 g/mol. The van der Waals surface area contributed by atoms with Crippen LogP contribution in [0.4, 0.5) is 9.93 Å². The predicted octanol–water partition coefficient (Wildman–Crippen LogP) is 2.25. The highest BCUT2D eigenvalue weighted by molar-refractivity contribution is 7.13. The van der Waals surface area contributed by atoms with E-state index in [0.29, 0.717) is 17.5 Å². The van der Waals surface area contributed by atoms with Crippen LogP contribution in [0, 0.1) is 5.92 Å². The van der Waals surface area contributed by atoms with Crippen LogP contribution in [0.3, 0.4) is 0 Å². The molecule has 1 aliphatic carbocycles. The van der Waals surface area contributed by atoms with Crippen molar-refractivity contribution < 1.29 is 14.7 Å². The van der Waals surface area contributed by atoms with E-state index in [4.69, 9.17) is 5.11 Å². The maximum Gasteiger partial charge on any atom is 0.321 e. The van der Waals surface area contributed by atoms with E-state index in [2.05, 4.69) is 15.6 Å². The monoisotopic (exact) mass is 283 g/mol. The summed E-state index contributed by atoms with van der Waals surface area (Å²) in [5, 5.41) is 16.6. The molecule has 3 N–H and O–H groups in total. The Labute approximate surface area is 115 Å². The van der Waals surface area contributed by atoms with Crippen LogP contribution < -0.4 is 10.6 Å². The number of carboxylic acid groups (broad SMARTS) is 1. The summed E-state index contributed by atoms with van der Waals surface area (Å²) in [7, 11) is 0. The molecule has 1 aromatic rings. The van der Waals surface area contributed by atoms with Crippen molar-refractivity contribution in [3.05, 3.63) is 11.1 Å². The van der Waals surface area contributed by atoms with Crippen LogP contribution in [0.15, 0.2) is 5.38 Å². The van der Waals surface area contributed by atoms with Gasteiger partial charge in [0.05, 0.1) is 11.6 Å². The molecule has 0 saturated heterocycles. The van der Waals surface area contributed by atoms with Gasteiger partial charge in [-0.15, -0.1) is 11.3 Å². The molecule has 0 bridgehead atoms. The lowest BCUT2D eigenvalue weighted by Gasteiger charge is -2.10. The molecular formula is C12H17N3O3S. The molecule has 1 atom stereocenters. The maximum absolute atomic E-state index is 11.6. The Hall–Kier alpha value is -1.63. The third-order valence-electron chi connectivity index (χ3n) is 3.09. The third-order valence-corrected chi connectivity index (χ3v) is 3.87. The van der Waals surface area contributed by atoms with Crippen molar-refractivity contribution in [2.24, 2.45) is 5.92 Å². The molecule has 2 amide bonds. The molecule has 6 nitrogen and oxygen atoms in total. The summed E-state index contributed by atoms with van der Waals surface area (Å²) < 4.78 is 0. The SMILES string of the molecule is CCC(CNC(=O)Nc1nc(C2CC2)cs1)C(=O)O. The van der Waals surface area contributed by atoms with Gasteiger partial charge in [0, 0.05) is 17.8 Å². The van der Waals surface area contributed by atoms with Crippen LogP contribution in [-0.2, 0) is 4.79 Å². The summed E-state index contributed by atoms with van der Waals surface area (Å²) in [6.45, 7) is 1.90. The van der Waals surface area contributed by atoms with E-state index >= 15 is 0 Å². The van der Waals surface area contributed by atoms with Crippen LogP contribution in [0.1, 0.15) is 37.8 Å². The Morgan fingerprint density at radius 2 is 2.32 bits per heavy atom. The lowest BCUT2D eigenvalue weighted by molar-refractivity contribution is -0.141. The maximum atomic E-state index is 11.6. The van der Waals surface area contributed by atoms with Crippen LogP contribution in [0.25, 0.3) is 0 Å². The molecule has 0 aliphatic heterocycles. The first-order chi connectivity index (χ1) is 9.10. The number of thiazole rings is 1. The van der Waals surface area contributed by atoms with Gasteiger partial charge in [-0.2, -0.15) is 0 Å². The highest BCUT2D eigenvalue weighted by Gasteiger charge is 2.26. The highest BCUT2D eigenvalue weighted by atomic mass is 32.1. The normalized spacial score (nSPS) is 15.8. The average molecular weight is 283 g/mol. The largest absolute Gasteiger partial charge is 0.481 e. The second kappa shape index (κ2) is 6.01. The molecule has 0 radical (unpaired) electrons. The number of hydrogen-bond acceptors (Lipinski definition) is 4. The van der Waals surface area contributed by atoms with Gasteiger partial charge in [-0.25, -0.2) is 9.78 Å². The standard InChI is InChI=1S/C12H17N3O3S/c1-2-7(10(16)17)5-13-11(18)15-12-14-9(6-19-12)8-3-4-8/h6-8H,2-5H2,1H3,(H,16,17)(H2,13,14,15,18). The first kappa shape index (κ1) is 13.8. The average Bonchev–Trinajstić information content (AvgIpc) is 3.11. The smallest absolute Gasteiger partial charge is 0.321 e. The summed E-state index contributed by atoms with van der Waals surface area (Å²) in [6, 6.07) is -0.406. The number of rotatable bonds is 6. The van der Waals surface area contributed by atoms with E-state index in [0.717, 1.165) is 5.69 Å². The van der Waals surface area contributed by atoms with Crippen molar-refractivity contribution >= 4 is 28.5 Å². The van der Waals surface area contributed by atoms with Crippen LogP contribution in [0.5, 0.6) is 0 Å². The second-order valence-corrected chi connectivity index (χ2v) is 5.49. The van der Waals surface area contributed by atoms with Gasteiger partial charge in [0.1, 0.15) is 0 Å². The minimum Gasteiger partial charge on any atom is -0.481 e. The zero-order chi connectivity index (χ0) is 13.8. The number of aliphatic carboxylic acids is 1. The molecule has 1 unspecified atom stereocenters. The fraction of sp³-hybridized carbons (Fsp3) is 0.583. The van der Waals surface area contributed by atoms with E-state index in [1.807, 2.05) is 5.38 Å². The second-order valence-electron chi connectivity index (χ2n) is 4.63. The van der Waals surface area contributed by atoms with Crippen molar-refractivity contribution in [2.75, 3.05) is 11.9 Å². The summed E-state index contributed by atoms with van der Waals surface area (Å²) in [5.74, 6) is -0.886. The minimum atomic E-state index is -0.895. The van der Waals surface area contributed by atoms with Gasteiger partial charge in [-0.1, -0.05) is 6.92 Å². The molecule has 104 valence electrons. The first-order valence-corrected chi connectivity index (χ1v) is 7.21. The fourth-order valence-electron chi connectivity index (χ4n) is 1.67. The summed E-state index contributed by atoms with van der Waals surface area (Å²) in [4.78, 5) is 26.7. The van der Waals surface area contributed by atoms with Crippen molar-refractivity contribution in [3.8, 4) is 0 Å². The quantitative estimate of drug-likeness (QED) is 0.746. The first-order valence-electron chi connectivity index (χ1n) is 6.33. The van der Waals surface area contributed by atoms with Crippen LogP contribution in [0.2, 0.25) is 0 Å². The van der Waals surface area contributed by atoms with Crippen LogP contribution in [-0.4, -0.2) is 28.6 Å². The van der Waals surface area contributed by atoms with Gasteiger partial charge < -0.3 is 10.4 Å². The van der Waals surface area contributed by atoms with Gasteiger partial charge >= 0.3 is 12.0 Å². The molecule has 2 rings (SSSR count). The number of carboxylic acids is 1. The van der Waals surface area contributed by atoms with E-state index in [1.165, 1.54) is 24.2 Å². The molecule has 1 heterocycles. The number of amides is 2. The number of carbonyl (C=O) groups is 2. The highest BCUT2D eigenvalue weighted by Crippen LogP contribution is 2.40.